The van der Waals surface area contributed by atoms with Gasteiger partial charge in [0.15, 0.2) is 0 Å². The number of benzene rings is 2. The third-order valence-corrected chi connectivity index (χ3v) is 4.67. The molecule has 0 saturated carbocycles. The normalized spacial score (nSPS) is 18.3. The van der Waals surface area contributed by atoms with Gasteiger partial charge in [-0.15, -0.1) is 0 Å². The maximum atomic E-state index is 12.6. The van der Waals surface area contributed by atoms with E-state index in [2.05, 4.69) is 11.4 Å². The number of carbonyl (C=O) groups is 2. The molecule has 0 spiro atoms. The summed E-state index contributed by atoms with van der Waals surface area (Å²) in [6, 6.07) is 15.9. The zero-order chi connectivity index (χ0) is 18.0. The molecule has 1 fully saturated rings. The van der Waals surface area contributed by atoms with E-state index in [0.29, 0.717) is 6.54 Å². The molecule has 0 bridgehead atoms. The second-order valence-corrected chi connectivity index (χ2v) is 6.89. The highest BCUT2D eigenvalue weighted by atomic mass is 16.2. The first-order valence-electron chi connectivity index (χ1n) is 8.68. The van der Waals surface area contributed by atoms with E-state index in [0.717, 1.165) is 22.4 Å². The van der Waals surface area contributed by atoms with Crippen molar-refractivity contribution in [2.45, 2.75) is 33.2 Å². The van der Waals surface area contributed by atoms with Crippen LogP contribution in [0.1, 0.15) is 36.1 Å². The Labute approximate surface area is 148 Å². The second-order valence-electron chi connectivity index (χ2n) is 6.89. The number of carbonyl (C=O) groups excluding carboxylic acids is 2. The molecule has 25 heavy (non-hydrogen) atoms. The number of amides is 2. The monoisotopic (exact) mass is 336 g/mol. The van der Waals surface area contributed by atoms with Crippen LogP contribution >= 0.6 is 0 Å². The average Bonchev–Trinajstić information content (AvgIpc) is 2.97. The molecule has 0 unspecified atom stereocenters. The smallest absolute Gasteiger partial charge is 0.227 e. The van der Waals surface area contributed by atoms with Gasteiger partial charge >= 0.3 is 0 Å². The number of hydrogen-bond donors (Lipinski definition) is 1. The van der Waals surface area contributed by atoms with Crippen molar-refractivity contribution in [2.75, 3.05) is 11.4 Å². The molecule has 1 heterocycles. The first-order chi connectivity index (χ1) is 11.9. The minimum atomic E-state index is -0.306. The van der Waals surface area contributed by atoms with E-state index >= 15 is 0 Å². The van der Waals surface area contributed by atoms with Crippen molar-refractivity contribution in [1.82, 2.24) is 5.32 Å². The minimum Gasteiger partial charge on any atom is -0.349 e. The number of aryl methyl sites for hydroxylation is 2. The van der Waals surface area contributed by atoms with Gasteiger partial charge in [0, 0.05) is 18.7 Å². The van der Waals surface area contributed by atoms with Gasteiger partial charge in [0.05, 0.1) is 12.0 Å². The SMILES string of the molecule is Cc1cc(C)cc(N2C[C@H](C(=O)N[C@H](C)c3ccccc3)CC2=O)c1. The molecule has 2 aromatic carbocycles. The third-order valence-electron chi connectivity index (χ3n) is 4.67. The Morgan fingerprint density at radius 2 is 1.76 bits per heavy atom. The fourth-order valence-electron chi connectivity index (χ4n) is 3.40. The van der Waals surface area contributed by atoms with Crippen LogP contribution in [0, 0.1) is 19.8 Å². The Morgan fingerprint density at radius 3 is 2.40 bits per heavy atom. The molecule has 0 radical (unpaired) electrons. The van der Waals surface area contributed by atoms with E-state index in [-0.39, 0.29) is 30.2 Å². The van der Waals surface area contributed by atoms with Crippen LogP contribution in [-0.4, -0.2) is 18.4 Å². The fraction of sp³-hybridized carbons (Fsp3) is 0.333. The van der Waals surface area contributed by atoms with Crippen LogP contribution in [0.3, 0.4) is 0 Å². The Hall–Kier alpha value is -2.62. The van der Waals surface area contributed by atoms with Gasteiger partial charge in [-0.3, -0.25) is 9.59 Å². The van der Waals surface area contributed by atoms with Crippen LogP contribution < -0.4 is 10.2 Å². The van der Waals surface area contributed by atoms with Crippen LogP contribution in [0.5, 0.6) is 0 Å². The van der Waals surface area contributed by atoms with Crippen molar-refractivity contribution in [1.29, 1.82) is 0 Å². The van der Waals surface area contributed by atoms with Gasteiger partial charge in [-0.1, -0.05) is 36.4 Å². The fourth-order valence-corrected chi connectivity index (χ4v) is 3.40. The molecule has 0 aliphatic carbocycles. The van der Waals surface area contributed by atoms with Crippen LogP contribution in [0.25, 0.3) is 0 Å². The summed E-state index contributed by atoms with van der Waals surface area (Å²) in [6.45, 7) is 6.44. The molecule has 0 aromatic heterocycles. The maximum absolute atomic E-state index is 12.6. The van der Waals surface area contributed by atoms with Crippen LogP contribution in [-0.2, 0) is 9.59 Å². The van der Waals surface area contributed by atoms with Gasteiger partial charge in [0.25, 0.3) is 0 Å². The highest BCUT2D eigenvalue weighted by molar-refractivity contribution is 6.00. The van der Waals surface area contributed by atoms with Crippen molar-refractivity contribution in [3.8, 4) is 0 Å². The number of nitrogens with one attached hydrogen (secondary N) is 1. The molecule has 1 N–H and O–H groups in total. The summed E-state index contributed by atoms with van der Waals surface area (Å²) in [5.74, 6) is -0.353. The van der Waals surface area contributed by atoms with E-state index in [1.807, 2.05) is 63.2 Å². The number of hydrogen-bond acceptors (Lipinski definition) is 2. The molecule has 2 aromatic rings. The summed E-state index contributed by atoms with van der Waals surface area (Å²) >= 11 is 0. The van der Waals surface area contributed by atoms with Crippen molar-refractivity contribution < 1.29 is 9.59 Å². The molecule has 1 saturated heterocycles. The Kier molecular flexibility index (Phi) is 4.88. The summed E-state index contributed by atoms with van der Waals surface area (Å²) in [6.07, 6.45) is 0.264. The zero-order valence-corrected chi connectivity index (χ0v) is 15.0. The first-order valence-corrected chi connectivity index (χ1v) is 8.68. The molecule has 4 nitrogen and oxygen atoms in total. The van der Waals surface area contributed by atoms with Gasteiger partial charge in [-0.2, -0.15) is 0 Å². The Balaban J connectivity index is 1.68. The Bertz CT molecular complexity index is 765. The summed E-state index contributed by atoms with van der Waals surface area (Å²) in [5, 5.41) is 3.04. The van der Waals surface area contributed by atoms with Crippen molar-refractivity contribution in [2.24, 2.45) is 5.92 Å². The van der Waals surface area contributed by atoms with E-state index in [1.54, 1.807) is 4.90 Å². The predicted octanol–water partition coefficient (Wildman–Crippen LogP) is 3.53. The Morgan fingerprint density at radius 1 is 1.12 bits per heavy atom. The zero-order valence-electron chi connectivity index (χ0n) is 15.0. The van der Waals surface area contributed by atoms with E-state index in [9.17, 15) is 9.59 Å². The maximum Gasteiger partial charge on any atom is 0.227 e. The van der Waals surface area contributed by atoms with Crippen LogP contribution in [0.15, 0.2) is 48.5 Å². The number of rotatable bonds is 4. The van der Waals surface area contributed by atoms with Gasteiger partial charge in [0.1, 0.15) is 0 Å². The van der Waals surface area contributed by atoms with Crippen LogP contribution in [0.4, 0.5) is 5.69 Å². The van der Waals surface area contributed by atoms with Gasteiger partial charge in [-0.25, -0.2) is 0 Å². The molecule has 1 aliphatic heterocycles. The summed E-state index contributed by atoms with van der Waals surface area (Å²) in [7, 11) is 0. The summed E-state index contributed by atoms with van der Waals surface area (Å²) < 4.78 is 0. The molecule has 2 atom stereocenters. The van der Waals surface area contributed by atoms with Crippen molar-refractivity contribution >= 4 is 17.5 Å². The first kappa shape index (κ1) is 17.2. The quantitative estimate of drug-likeness (QED) is 0.928. The minimum absolute atomic E-state index is 0.0116. The average molecular weight is 336 g/mol. The largest absolute Gasteiger partial charge is 0.349 e. The molecule has 2 amide bonds. The molecule has 1 aliphatic rings. The molecule has 3 rings (SSSR count). The van der Waals surface area contributed by atoms with E-state index in [1.165, 1.54) is 0 Å². The van der Waals surface area contributed by atoms with Gasteiger partial charge < -0.3 is 10.2 Å². The van der Waals surface area contributed by atoms with Crippen molar-refractivity contribution in [3.63, 3.8) is 0 Å². The number of nitrogens with zero attached hydrogens (tertiary/aromatic N) is 1. The van der Waals surface area contributed by atoms with Crippen LogP contribution in [0.2, 0.25) is 0 Å². The third kappa shape index (κ3) is 3.90. The topological polar surface area (TPSA) is 49.4 Å². The van der Waals surface area contributed by atoms with E-state index < -0.39 is 0 Å². The van der Waals surface area contributed by atoms with Gasteiger partial charge in [-0.05, 0) is 49.6 Å². The lowest BCUT2D eigenvalue weighted by Crippen LogP contribution is -2.34. The predicted molar refractivity (Wildman–Crippen MR) is 99.4 cm³/mol. The lowest BCUT2D eigenvalue weighted by Gasteiger charge is -2.19. The van der Waals surface area contributed by atoms with Crippen molar-refractivity contribution in [3.05, 3.63) is 65.2 Å². The number of anilines is 1. The highest BCUT2D eigenvalue weighted by Crippen LogP contribution is 2.27. The lowest BCUT2D eigenvalue weighted by molar-refractivity contribution is -0.126. The summed E-state index contributed by atoms with van der Waals surface area (Å²) in [5.41, 5.74) is 4.18. The standard InChI is InChI=1S/C21H24N2O2/c1-14-9-15(2)11-19(10-14)23-13-18(12-20(23)24)21(25)22-16(3)17-7-5-4-6-8-17/h4-11,16,18H,12-13H2,1-3H3,(H,22,25)/t16-,18-/m1/s1. The molecule has 130 valence electrons. The van der Waals surface area contributed by atoms with Gasteiger partial charge in [0.2, 0.25) is 11.8 Å². The summed E-state index contributed by atoms with van der Waals surface area (Å²) in [4.78, 5) is 26.7. The molecular weight excluding hydrogens is 312 g/mol. The molecule has 4 heteroatoms. The second kappa shape index (κ2) is 7.09. The lowest BCUT2D eigenvalue weighted by atomic mass is 10.1. The highest BCUT2D eigenvalue weighted by Gasteiger charge is 2.35. The van der Waals surface area contributed by atoms with E-state index in [4.69, 9.17) is 0 Å². The molecular formula is C21H24N2O2.